The lowest BCUT2D eigenvalue weighted by Gasteiger charge is -2.33. The molecule has 8 heteroatoms. The molecule has 0 bridgehead atoms. The van der Waals surface area contributed by atoms with Gasteiger partial charge in [0.15, 0.2) is 0 Å². The lowest BCUT2D eigenvalue weighted by atomic mass is 9.89. The molecule has 1 saturated carbocycles. The summed E-state index contributed by atoms with van der Waals surface area (Å²) in [6.45, 7) is 12.6. The summed E-state index contributed by atoms with van der Waals surface area (Å²) in [6.07, 6.45) is 12.5. The molecule has 1 amide bonds. The molecule has 0 radical (unpaired) electrons. The van der Waals surface area contributed by atoms with E-state index in [4.69, 9.17) is 14.8 Å². The number of likely N-dealkylation sites (tertiary alicyclic amines) is 1. The van der Waals surface area contributed by atoms with Crippen molar-refractivity contribution in [2.24, 2.45) is 11.8 Å². The van der Waals surface area contributed by atoms with Crippen LogP contribution in [0.3, 0.4) is 0 Å². The molecule has 1 aliphatic carbocycles. The third-order valence-corrected chi connectivity index (χ3v) is 8.17. The summed E-state index contributed by atoms with van der Waals surface area (Å²) in [4.78, 5) is 26.0. The van der Waals surface area contributed by atoms with Gasteiger partial charge in [0, 0.05) is 38.9 Å². The van der Waals surface area contributed by atoms with E-state index in [2.05, 4.69) is 33.6 Å². The van der Waals surface area contributed by atoms with Crippen molar-refractivity contribution < 1.29 is 14.6 Å². The molecule has 1 N–H and O–H groups in total. The average molecular weight is 564 g/mol. The average Bonchev–Trinajstić information content (AvgIpc) is 3.39. The number of nitrogens with zero attached hydrogens (tertiary/aromatic N) is 5. The number of hydrogen-bond donors (Lipinski definition) is 1. The Kier molecular flexibility index (Phi) is 11.0. The Labute approximate surface area is 245 Å². The van der Waals surface area contributed by atoms with Crippen molar-refractivity contribution in [3.8, 4) is 0 Å². The fraction of sp³-hybridized carbons (Fsp3) is 0.606. The van der Waals surface area contributed by atoms with E-state index >= 15 is 0 Å². The van der Waals surface area contributed by atoms with Crippen molar-refractivity contribution in [1.82, 2.24) is 19.4 Å². The largest absolute Gasteiger partial charge is 0.444 e. The van der Waals surface area contributed by atoms with Crippen molar-refractivity contribution in [1.29, 1.82) is 0 Å². The van der Waals surface area contributed by atoms with Crippen LogP contribution in [0.2, 0.25) is 0 Å². The van der Waals surface area contributed by atoms with Crippen LogP contribution in [0, 0.1) is 11.8 Å². The maximum atomic E-state index is 12.4. The van der Waals surface area contributed by atoms with Gasteiger partial charge in [-0.3, -0.25) is 0 Å². The molecule has 2 aromatic heterocycles. The monoisotopic (exact) mass is 563 g/mol. The first-order chi connectivity index (χ1) is 19.8. The second-order valence-electron chi connectivity index (χ2n) is 12.5. The first kappa shape index (κ1) is 30.8. The molecular formula is C33H49N5O3. The van der Waals surface area contributed by atoms with Crippen LogP contribution >= 0.6 is 0 Å². The van der Waals surface area contributed by atoms with Crippen molar-refractivity contribution in [2.75, 3.05) is 31.1 Å². The van der Waals surface area contributed by atoms with Gasteiger partial charge in [0.25, 0.3) is 0 Å². The van der Waals surface area contributed by atoms with Gasteiger partial charge in [0.1, 0.15) is 23.4 Å². The minimum Gasteiger partial charge on any atom is -0.444 e. The molecule has 3 aromatic rings. The summed E-state index contributed by atoms with van der Waals surface area (Å²) in [5.74, 6) is 2.38. The predicted octanol–water partition coefficient (Wildman–Crippen LogP) is 6.66. The summed E-state index contributed by atoms with van der Waals surface area (Å²) >= 11 is 0. The maximum absolute atomic E-state index is 12.4. The van der Waals surface area contributed by atoms with Gasteiger partial charge >= 0.3 is 6.09 Å². The number of benzene rings is 1. The zero-order chi connectivity index (χ0) is 29.2. The number of anilines is 1. The topological polar surface area (TPSA) is 83.7 Å². The fourth-order valence-electron chi connectivity index (χ4n) is 5.92. The molecular weight excluding hydrogens is 514 g/mol. The molecule has 2 aliphatic rings. The molecule has 1 aromatic carbocycles. The third-order valence-electron chi connectivity index (χ3n) is 8.17. The Balaban J connectivity index is 0.000000417. The van der Waals surface area contributed by atoms with Crippen LogP contribution in [0.4, 0.5) is 10.6 Å². The van der Waals surface area contributed by atoms with Gasteiger partial charge < -0.3 is 24.2 Å². The molecule has 1 aliphatic heterocycles. The van der Waals surface area contributed by atoms with E-state index in [0.717, 1.165) is 73.9 Å². The molecule has 41 heavy (non-hydrogen) atoms. The van der Waals surface area contributed by atoms with E-state index in [-0.39, 0.29) is 12.7 Å². The van der Waals surface area contributed by atoms with Crippen molar-refractivity contribution in [3.05, 3.63) is 54.5 Å². The zero-order valence-electron chi connectivity index (χ0n) is 25.5. The number of amides is 1. The second kappa shape index (κ2) is 14.7. The Morgan fingerprint density at radius 1 is 1.00 bits per heavy atom. The number of carbonyl (C=O) groups is 1. The zero-order valence-corrected chi connectivity index (χ0v) is 25.5. The molecule has 0 unspecified atom stereocenters. The van der Waals surface area contributed by atoms with Crippen LogP contribution in [-0.2, 0) is 17.9 Å². The Hall–Kier alpha value is -3.13. The first-order valence-corrected chi connectivity index (χ1v) is 15.4. The van der Waals surface area contributed by atoms with E-state index in [1.54, 1.807) is 6.33 Å². The van der Waals surface area contributed by atoms with Crippen LogP contribution in [0.1, 0.15) is 78.2 Å². The number of rotatable bonds is 7. The molecule has 8 nitrogen and oxygen atoms in total. The van der Waals surface area contributed by atoms with Gasteiger partial charge in [0.05, 0.1) is 12.0 Å². The number of hydrogen-bond acceptors (Lipinski definition) is 6. The maximum Gasteiger partial charge on any atom is 0.410 e. The number of aliphatic hydroxyl groups is 1. The Morgan fingerprint density at radius 3 is 2.32 bits per heavy atom. The summed E-state index contributed by atoms with van der Waals surface area (Å²) in [5, 5.41) is 9.69. The Morgan fingerprint density at radius 2 is 1.71 bits per heavy atom. The van der Waals surface area contributed by atoms with Crippen molar-refractivity contribution >= 4 is 22.9 Å². The number of aliphatic hydroxyl groups excluding tert-OH is 1. The van der Waals surface area contributed by atoms with Gasteiger partial charge in [-0.15, -0.1) is 0 Å². The normalized spacial score (nSPS) is 16.8. The lowest BCUT2D eigenvalue weighted by Crippen LogP contribution is -2.42. The van der Waals surface area contributed by atoms with Crippen LogP contribution in [0.5, 0.6) is 0 Å². The number of carbonyl (C=O) groups excluding carboxylic acids is 1. The van der Waals surface area contributed by atoms with Crippen LogP contribution < -0.4 is 4.90 Å². The van der Waals surface area contributed by atoms with E-state index in [1.165, 1.54) is 32.1 Å². The molecule has 3 heterocycles. The van der Waals surface area contributed by atoms with E-state index in [0.29, 0.717) is 5.92 Å². The fourth-order valence-corrected chi connectivity index (χ4v) is 5.92. The quantitative estimate of drug-likeness (QED) is 0.346. The SMILES string of the molecule is CCN(CC1CCCCC1)c1ncnc2c1ccn2CC1CCN(C(=O)OC(C)(C)C)CC1.OCc1ccccc1. The summed E-state index contributed by atoms with van der Waals surface area (Å²) < 4.78 is 7.82. The highest BCUT2D eigenvalue weighted by Gasteiger charge is 2.27. The number of fused-ring (bicyclic) bond motifs is 1. The molecule has 5 rings (SSSR count). The highest BCUT2D eigenvalue weighted by Crippen LogP contribution is 2.30. The molecule has 2 fully saturated rings. The van der Waals surface area contributed by atoms with E-state index in [9.17, 15) is 4.79 Å². The van der Waals surface area contributed by atoms with Crippen LogP contribution in [0.15, 0.2) is 48.9 Å². The summed E-state index contributed by atoms with van der Waals surface area (Å²) in [7, 11) is 0. The minimum atomic E-state index is -0.446. The highest BCUT2D eigenvalue weighted by molar-refractivity contribution is 5.87. The van der Waals surface area contributed by atoms with Crippen LogP contribution in [0.25, 0.3) is 11.0 Å². The third kappa shape index (κ3) is 8.93. The van der Waals surface area contributed by atoms with Crippen molar-refractivity contribution in [2.45, 2.75) is 91.4 Å². The van der Waals surface area contributed by atoms with E-state index < -0.39 is 5.60 Å². The molecule has 0 atom stereocenters. The highest BCUT2D eigenvalue weighted by atomic mass is 16.6. The minimum absolute atomic E-state index is 0.140. The predicted molar refractivity (Wildman–Crippen MR) is 165 cm³/mol. The molecule has 0 spiro atoms. The second-order valence-corrected chi connectivity index (χ2v) is 12.5. The number of piperidine rings is 1. The first-order valence-electron chi connectivity index (χ1n) is 15.4. The van der Waals surface area contributed by atoms with Gasteiger partial charge in [-0.25, -0.2) is 14.8 Å². The molecule has 1 saturated heterocycles. The molecule has 224 valence electrons. The van der Waals surface area contributed by atoms with Crippen LogP contribution in [-0.4, -0.2) is 62.4 Å². The summed E-state index contributed by atoms with van der Waals surface area (Å²) in [5.41, 5.74) is 1.54. The van der Waals surface area contributed by atoms with Gasteiger partial charge in [0.2, 0.25) is 0 Å². The summed E-state index contributed by atoms with van der Waals surface area (Å²) in [6, 6.07) is 11.7. The number of aromatic nitrogens is 3. The smallest absolute Gasteiger partial charge is 0.410 e. The van der Waals surface area contributed by atoms with E-state index in [1.807, 2.05) is 56.0 Å². The standard InChI is InChI=1S/C26H41N5O2.C7H8O/c1-5-29(17-20-9-7-6-8-10-20)23-22-13-16-31(24(22)28-19-27-23)18-21-11-14-30(15-12-21)25(32)33-26(2,3)4;8-6-7-4-2-1-3-5-7/h13,16,19-21H,5-12,14-15,17-18H2,1-4H3;1-5,8H,6H2. The van der Waals surface area contributed by atoms with Gasteiger partial charge in [-0.2, -0.15) is 0 Å². The van der Waals surface area contributed by atoms with Gasteiger partial charge in [-0.05, 0) is 76.8 Å². The Bertz CT molecular complexity index is 1210. The number of ether oxygens (including phenoxy) is 1. The van der Waals surface area contributed by atoms with Crippen molar-refractivity contribution in [3.63, 3.8) is 0 Å². The lowest BCUT2D eigenvalue weighted by molar-refractivity contribution is 0.0178. The van der Waals surface area contributed by atoms with Gasteiger partial charge in [-0.1, -0.05) is 49.6 Å².